The van der Waals surface area contributed by atoms with Gasteiger partial charge in [0.25, 0.3) is 0 Å². The first-order valence-electron chi connectivity index (χ1n) is 11.2. The van der Waals surface area contributed by atoms with Gasteiger partial charge in [-0.2, -0.15) is 0 Å². The third-order valence-corrected chi connectivity index (χ3v) is 5.51. The molecule has 2 fully saturated rings. The van der Waals surface area contributed by atoms with E-state index in [1.54, 1.807) is 4.90 Å². The van der Waals surface area contributed by atoms with E-state index in [1.165, 1.54) is 6.07 Å². The maximum atomic E-state index is 12.4. The lowest BCUT2D eigenvalue weighted by Gasteiger charge is -2.35. The number of carbonyl (C=O) groups is 2. The number of nitrogens with one attached hydrogen (secondary N) is 1. The van der Waals surface area contributed by atoms with Crippen LogP contribution in [-0.2, 0) is 9.47 Å². The van der Waals surface area contributed by atoms with Crippen molar-refractivity contribution in [2.45, 2.75) is 51.9 Å². The third-order valence-electron chi connectivity index (χ3n) is 5.32. The number of amides is 1. The van der Waals surface area contributed by atoms with E-state index in [4.69, 9.17) is 25.8 Å². The maximum absolute atomic E-state index is 12.4. The van der Waals surface area contributed by atoms with Crippen molar-refractivity contribution in [3.63, 3.8) is 0 Å². The summed E-state index contributed by atoms with van der Waals surface area (Å²) in [5.74, 6) is -0.668. The normalized spacial score (nSPS) is 21.6. The van der Waals surface area contributed by atoms with Gasteiger partial charge >= 0.3 is 12.1 Å². The molecule has 184 valence electrons. The molecule has 1 amide bonds. The van der Waals surface area contributed by atoms with Crippen molar-refractivity contribution >= 4 is 29.5 Å². The lowest BCUT2D eigenvalue weighted by molar-refractivity contribution is 0.0187. The fraction of sp³-hybridized carbons (Fsp3) is 0.682. The predicted octanol–water partition coefficient (Wildman–Crippen LogP) is 2.64. The second-order valence-corrected chi connectivity index (χ2v) is 9.68. The highest BCUT2D eigenvalue weighted by molar-refractivity contribution is 6.29. The van der Waals surface area contributed by atoms with Crippen LogP contribution in [0, 0.1) is 0 Å². The highest BCUT2D eigenvalue weighted by Gasteiger charge is 2.29. The summed E-state index contributed by atoms with van der Waals surface area (Å²) in [6.07, 6.45) is 0.187. The minimum Gasteiger partial charge on any atom is -0.492 e. The molecule has 0 aromatic carbocycles. The number of carboxylic acids is 1. The van der Waals surface area contributed by atoms with E-state index in [1.807, 2.05) is 32.6 Å². The number of pyridine rings is 1. The molecular weight excluding hydrogens is 452 g/mol. The van der Waals surface area contributed by atoms with Crippen molar-refractivity contribution in [2.24, 2.45) is 0 Å². The van der Waals surface area contributed by atoms with E-state index < -0.39 is 11.6 Å². The van der Waals surface area contributed by atoms with Crippen LogP contribution in [0.25, 0.3) is 0 Å². The maximum Gasteiger partial charge on any atom is 0.410 e. The average Bonchev–Trinajstić information content (AvgIpc) is 2.72. The van der Waals surface area contributed by atoms with E-state index in [-0.39, 0.29) is 47.1 Å². The monoisotopic (exact) mass is 484 g/mol. The molecule has 0 bridgehead atoms. The Bertz CT molecular complexity index is 862. The summed E-state index contributed by atoms with van der Waals surface area (Å²) in [6, 6.07) is 1.43. The number of anilines is 1. The molecule has 3 heterocycles. The van der Waals surface area contributed by atoms with Crippen molar-refractivity contribution in [3.8, 4) is 5.75 Å². The Kier molecular flexibility index (Phi) is 8.25. The summed E-state index contributed by atoms with van der Waals surface area (Å²) in [5.41, 5.74) is -0.565. The standard InChI is InChI=1S/C22H33ClN4O6/c1-14-12-26(8-10-31-14)19-18(20(28)29)16(11-17(23)25-19)32-9-5-15-13-27(7-6-24-15)21(30)33-22(2,3)4/h11,14-15,24H,5-10,12-13H2,1-4H3,(H,28,29)/t14-,15+/m1/s1. The zero-order valence-electron chi connectivity index (χ0n) is 19.6. The number of carbonyl (C=O) groups excluding carboxylic acids is 1. The highest BCUT2D eigenvalue weighted by Crippen LogP contribution is 2.32. The van der Waals surface area contributed by atoms with E-state index in [0.29, 0.717) is 45.8 Å². The molecule has 1 aromatic rings. The minimum atomic E-state index is -1.13. The predicted molar refractivity (Wildman–Crippen MR) is 124 cm³/mol. The van der Waals surface area contributed by atoms with Crippen LogP contribution in [-0.4, -0.2) is 90.7 Å². The van der Waals surface area contributed by atoms with E-state index >= 15 is 0 Å². The van der Waals surface area contributed by atoms with Gasteiger partial charge in [-0.15, -0.1) is 0 Å². The number of hydrogen-bond donors (Lipinski definition) is 2. The Balaban J connectivity index is 1.65. The minimum absolute atomic E-state index is 0.00332. The Labute approximate surface area is 199 Å². The lowest BCUT2D eigenvalue weighted by Crippen LogP contribution is -2.53. The topological polar surface area (TPSA) is 113 Å². The van der Waals surface area contributed by atoms with Gasteiger partial charge in [-0.1, -0.05) is 11.6 Å². The summed E-state index contributed by atoms with van der Waals surface area (Å²) in [7, 11) is 0. The quantitative estimate of drug-likeness (QED) is 0.588. The van der Waals surface area contributed by atoms with E-state index in [9.17, 15) is 14.7 Å². The number of halogens is 1. The van der Waals surface area contributed by atoms with Gasteiger partial charge in [-0.05, 0) is 34.1 Å². The van der Waals surface area contributed by atoms with E-state index in [2.05, 4.69) is 10.3 Å². The van der Waals surface area contributed by atoms with E-state index in [0.717, 1.165) is 0 Å². The first kappa shape index (κ1) is 25.3. The van der Waals surface area contributed by atoms with Gasteiger partial charge in [0.15, 0.2) is 0 Å². The summed E-state index contributed by atoms with van der Waals surface area (Å²) in [4.78, 5) is 32.3. The largest absolute Gasteiger partial charge is 0.492 e. The zero-order chi connectivity index (χ0) is 24.2. The summed E-state index contributed by atoms with van der Waals surface area (Å²) in [5, 5.41) is 13.4. The summed E-state index contributed by atoms with van der Waals surface area (Å²) >= 11 is 6.20. The SMILES string of the molecule is C[C@@H]1CN(c2nc(Cl)cc(OCC[C@H]3CN(C(=O)OC(C)(C)C)CCN3)c2C(=O)O)CCO1. The van der Waals surface area contributed by atoms with Crippen molar-refractivity contribution in [2.75, 3.05) is 50.8 Å². The Morgan fingerprint density at radius 3 is 2.76 bits per heavy atom. The van der Waals surface area contributed by atoms with Gasteiger partial charge in [0, 0.05) is 44.8 Å². The number of carboxylic acid groups (broad SMARTS) is 1. The van der Waals surface area contributed by atoms with Gasteiger partial charge in [-0.25, -0.2) is 14.6 Å². The number of piperazine rings is 1. The fourth-order valence-corrected chi connectivity index (χ4v) is 4.04. The van der Waals surface area contributed by atoms with Crippen LogP contribution >= 0.6 is 11.6 Å². The average molecular weight is 485 g/mol. The summed E-state index contributed by atoms with van der Waals surface area (Å²) in [6.45, 7) is 10.9. The highest BCUT2D eigenvalue weighted by atomic mass is 35.5. The molecule has 0 saturated carbocycles. The molecule has 11 heteroatoms. The van der Waals surface area contributed by atoms with Crippen LogP contribution in [0.15, 0.2) is 6.07 Å². The van der Waals surface area contributed by atoms with Crippen LogP contribution in [0.4, 0.5) is 10.6 Å². The summed E-state index contributed by atoms with van der Waals surface area (Å²) < 4.78 is 16.9. The Morgan fingerprint density at radius 2 is 2.09 bits per heavy atom. The fourth-order valence-electron chi connectivity index (χ4n) is 3.86. The smallest absolute Gasteiger partial charge is 0.410 e. The van der Waals surface area contributed by atoms with Gasteiger partial charge < -0.3 is 34.4 Å². The zero-order valence-corrected chi connectivity index (χ0v) is 20.4. The Morgan fingerprint density at radius 1 is 1.33 bits per heavy atom. The van der Waals surface area contributed by atoms with Crippen LogP contribution in [0.3, 0.4) is 0 Å². The molecule has 33 heavy (non-hydrogen) atoms. The second-order valence-electron chi connectivity index (χ2n) is 9.29. The molecule has 2 aliphatic rings. The van der Waals surface area contributed by atoms with Gasteiger partial charge in [-0.3, -0.25) is 0 Å². The van der Waals surface area contributed by atoms with Crippen molar-refractivity contribution in [1.29, 1.82) is 0 Å². The number of ether oxygens (including phenoxy) is 3. The lowest BCUT2D eigenvalue weighted by atomic mass is 10.1. The number of morpholine rings is 1. The first-order chi connectivity index (χ1) is 15.5. The van der Waals surface area contributed by atoms with Crippen molar-refractivity contribution in [3.05, 3.63) is 16.8 Å². The molecule has 2 N–H and O–H groups in total. The van der Waals surface area contributed by atoms with Gasteiger partial charge in [0.05, 0.1) is 19.3 Å². The Hall–Kier alpha value is -2.30. The van der Waals surface area contributed by atoms with Gasteiger partial charge in [0.1, 0.15) is 27.9 Å². The van der Waals surface area contributed by atoms with Crippen LogP contribution in [0.1, 0.15) is 44.5 Å². The molecule has 0 unspecified atom stereocenters. The first-order valence-corrected chi connectivity index (χ1v) is 11.6. The molecule has 10 nitrogen and oxygen atoms in total. The molecular formula is C22H33ClN4O6. The van der Waals surface area contributed by atoms with Crippen LogP contribution < -0.4 is 15.0 Å². The van der Waals surface area contributed by atoms with Crippen molar-refractivity contribution < 1.29 is 28.9 Å². The van der Waals surface area contributed by atoms with Crippen molar-refractivity contribution in [1.82, 2.24) is 15.2 Å². The van der Waals surface area contributed by atoms with Crippen LogP contribution in [0.2, 0.25) is 5.15 Å². The molecule has 0 spiro atoms. The molecule has 2 aliphatic heterocycles. The molecule has 3 rings (SSSR count). The number of rotatable bonds is 6. The number of aromatic carboxylic acids is 1. The molecule has 2 atom stereocenters. The molecule has 1 aromatic heterocycles. The molecule has 0 aliphatic carbocycles. The number of aromatic nitrogens is 1. The molecule has 0 radical (unpaired) electrons. The van der Waals surface area contributed by atoms with Gasteiger partial charge in [0.2, 0.25) is 0 Å². The third kappa shape index (κ3) is 7.09. The molecule has 2 saturated heterocycles. The number of hydrogen-bond acceptors (Lipinski definition) is 8. The van der Waals surface area contributed by atoms with Crippen LogP contribution in [0.5, 0.6) is 5.75 Å². The number of nitrogens with zero attached hydrogens (tertiary/aromatic N) is 3. The second kappa shape index (κ2) is 10.8.